The number of thioether (sulfide) groups is 1. The molecule has 6 rings (SSSR count). The van der Waals surface area contributed by atoms with Crippen LogP contribution < -0.4 is 20.3 Å². The van der Waals surface area contributed by atoms with Crippen LogP contribution in [-0.2, 0) is 12.0 Å². The van der Waals surface area contributed by atoms with Gasteiger partial charge < -0.3 is 30.1 Å². The first-order chi connectivity index (χ1) is 20.6. The number of hydrogen-bond acceptors (Lipinski definition) is 8. The number of aromatic nitrogens is 2. The molecule has 1 unspecified atom stereocenters. The number of phenols is 1. The summed E-state index contributed by atoms with van der Waals surface area (Å²) in [5, 5.41) is 30.2. The van der Waals surface area contributed by atoms with Crippen LogP contribution in [0.25, 0.3) is 5.69 Å². The third-order valence-corrected chi connectivity index (χ3v) is 8.69. The molecule has 0 fully saturated rings. The number of ether oxygens (including phenoxy) is 1. The predicted molar refractivity (Wildman–Crippen MR) is 168 cm³/mol. The summed E-state index contributed by atoms with van der Waals surface area (Å²) in [4.78, 5) is 18.2. The van der Waals surface area contributed by atoms with Crippen LogP contribution in [0, 0.1) is 0 Å². The minimum atomic E-state index is -0.420. The fraction of sp³-hybridized carbons (Fsp3) is 0.226. The molecule has 2 amide bonds. The third kappa shape index (κ3) is 5.83. The number of halogens is 1. The number of nitrogens with zero attached hydrogens (tertiary/aromatic N) is 4. The number of urea groups is 1. The van der Waals surface area contributed by atoms with E-state index < -0.39 is 6.03 Å². The molecule has 2 aliphatic heterocycles. The van der Waals surface area contributed by atoms with Crippen LogP contribution in [0.3, 0.4) is 0 Å². The molecule has 12 heteroatoms. The Labute approximate surface area is 258 Å². The summed E-state index contributed by atoms with van der Waals surface area (Å²) >= 11 is 7.82. The van der Waals surface area contributed by atoms with Crippen molar-refractivity contribution in [1.29, 1.82) is 0 Å². The first-order valence-electron chi connectivity index (χ1n) is 13.6. The fourth-order valence-electron chi connectivity index (χ4n) is 4.75. The average Bonchev–Trinajstić information content (AvgIpc) is 3.68. The van der Waals surface area contributed by atoms with E-state index in [9.17, 15) is 15.0 Å². The van der Waals surface area contributed by atoms with Crippen molar-refractivity contribution in [3.63, 3.8) is 0 Å². The van der Waals surface area contributed by atoms with Crippen LogP contribution in [0.4, 0.5) is 16.3 Å². The van der Waals surface area contributed by atoms with Crippen LogP contribution >= 0.6 is 23.4 Å². The van der Waals surface area contributed by atoms with Crippen molar-refractivity contribution in [2.45, 2.75) is 43.1 Å². The number of benzene rings is 3. The van der Waals surface area contributed by atoms with Gasteiger partial charge in [-0.2, -0.15) is 5.10 Å². The van der Waals surface area contributed by atoms with Gasteiger partial charge in [-0.25, -0.2) is 9.48 Å². The number of nitrogens with one attached hydrogen (secondary N) is 2. The van der Waals surface area contributed by atoms with Crippen LogP contribution in [0.2, 0.25) is 5.02 Å². The summed E-state index contributed by atoms with van der Waals surface area (Å²) in [5.74, 6) is 1.71. The molecule has 4 aromatic rings. The SMILES string of the molecule is CC(C)(C)c1cc(NC(=O)NCc2ccccc2Oc2ccc3c(c2)N2C=CN(CO)C2S3)n(-c2ccc(O)c(Cl)c2)n1. The Morgan fingerprint density at radius 1 is 1.09 bits per heavy atom. The Hall–Kier alpha value is -4.32. The summed E-state index contributed by atoms with van der Waals surface area (Å²) in [7, 11) is 0. The minimum Gasteiger partial charge on any atom is -0.506 e. The number of anilines is 2. The molecule has 3 aromatic carbocycles. The molecule has 222 valence electrons. The summed E-state index contributed by atoms with van der Waals surface area (Å²) in [6.45, 7) is 6.27. The highest BCUT2D eigenvalue weighted by atomic mass is 35.5. The van der Waals surface area contributed by atoms with Crippen molar-refractivity contribution < 1.29 is 19.7 Å². The molecule has 0 aliphatic carbocycles. The van der Waals surface area contributed by atoms with Gasteiger partial charge in [0.25, 0.3) is 0 Å². The molecule has 2 aliphatic rings. The molecule has 10 nitrogen and oxygen atoms in total. The molecule has 1 atom stereocenters. The predicted octanol–water partition coefficient (Wildman–Crippen LogP) is 6.58. The standard InChI is InChI=1S/C31H31ClN6O4S/c1-31(2,3)27-16-28(38(35-27)20-8-10-24(40)22(32)14-20)34-29(41)33-17-19-6-4-5-7-25(19)42-21-9-11-26-23(15-21)37-13-12-36(18-39)30(37)43-26/h4-16,30,39-40H,17-18H2,1-3H3,(H2,33,34,41). The molecule has 0 radical (unpaired) electrons. The van der Waals surface area contributed by atoms with E-state index >= 15 is 0 Å². The number of rotatable bonds is 7. The minimum absolute atomic E-state index is 0.00735. The number of fused-ring (bicyclic) bond motifs is 3. The third-order valence-electron chi connectivity index (χ3n) is 7.08. The Kier molecular flexibility index (Phi) is 7.63. The van der Waals surface area contributed by atoms with E-state index in [0.717, 1.165) is 21.8 Å². The van der Waals surface area contributed by atoms with Crippen molar-refractivity contribution in [3.05, 3.63) is 95.4 Å². The van der Waals surface area contributed by atoms with Gasteiger partial charge in [-0.05, 0) is 36.4 Å². The zero-order valence-corrected chi connectivity index (χ0v) is 25.4. The van der Waals surface area contributed by atoms with Crippen LogP contribution in [0.15, 0.2) is 84.0 Å². The van der Waals surface area contributed by atoms with Gasteiger partial charge in [0, 0.05) is 47.0 Å². The Bertz CT molecular complexity index is 1720. The molecule has 0 bridgehead atoms. The summed E-state index contributed by atoms with van der Waals surface area (Å²) in [6, 6.07) is 19.6. The van der Waals surface area contributed by atoms with Gasteiger partial charge in [0.05, 0.1) is 22.1 Å². The lowest BCUT2D eigenvalue weighted by Crippen LogP contribution is -2.33. The lowest BCUT2D eigenvalue weighted by molar-refractivity contribution is 0.152. The zero-order valence-electron chi connectivity index (χ0n) is 23.8. The highest BCUT2D eigenvalue weighted by Gasteiger charge is 2.36. The van der Waals surface area contributed by atoms with Gasteiger partial charge in [0.2, 0.25) is 0 Å². The molecule has 4 N–H and O–H groups in total. The van der Waals surface area contributed by atoms with E-state index in [4.69, 9.17) is 21.4 Å². The van der Waals surface area contributed by atoms with Gasteiger partial charge >= 0.3 is 6.03 Å². The second kappa shape index (κ2) is 11.4. The maximum absolute atomic E-state index is 13.1. The zero-order chi connectivity index (χ0) is 30.3. The first-order valence-corrected chi connectivity index (χ1v) is 14.9. The largest absolute Gasteiger partial charge is 0.506 e. The maximum Gasteiger partial charge on any atom is 0.320 e. The summed E-state index contributed by atoms with van der Waals surface area (Å²) < 4.78 is 7.88. The topological polar surface area (TPSA) is 115 Å². The highest BCUT2D eigenvalue weighted by Crippen LogP contribution is 2.48. The number of carbonyl (C=O) groups is 1. The molecule has 1 aromatic heterocycles. The van der Waals surface area contributed by atoms with E-state index in [1.165, 1.54) is 6.07 Å². The van der Waals surface area contributed by atoms with E-state index in [1.54, 1.807) is 28.6 Å². The summed E-state index contributed by atoms with van der Waals surface area (Å²) in [6.07, 6.45) is 3.82. The van der Waals surface area contributed by atoms with Gasteiger partial charge in [0.15, 0.2) is 5.50 Å². The van der Waals surface area contributed by atoms with Crippen molar-refractivity contribution in [2.24, 2.45) is 0 Å². The lowest BCUT2D eigenvalue weighted by Gasteiger charge is -2.23. The fourth-order valence-corrected chi connectivity index (χ4v) is 6.16. The van der Waals surface area contributed by atoms with E-state index in [0.29, 0.717) is 23.0 Å². The normalized spacial score (nSPS) is 15.4. The second-order valence-electron chi connectivity index (χ2n) is 11.2. The van der Waals surface area contributed by atoms with Crippen molar-refractivity contribution in [1.82, 2.24) is 20.0 Å². The molecular formula is C31H31ClN6O4S. The molecule has 0 saturated carbocycles. The quantitative estimate of drug-likeness (QED) is 0.184. The monoisotopic (exact) mass is 618 g/mol. The molecule has 43 heavy (non-hydrogen) atoms. The number of carbonyl (C=O) groups excluding carboxylic acids is 1. The Morgan fingerprint density at radius 2 is 1.91 bits per heavy atom. The van der Waals surface area contributed by atoms with Crippen molar-refractivity contribution in [3.8, 4) is 22.9 Å². The van der Waals surface area contributed by atoms with E-state index in [1.807, 2.05) is 86.6 Å². The van der Waals surface area contributed by atoms with Crippen molar-refractivity contribution in [2.75, 3.05) is 16.9 Å². The number of aromatic hydroxyl groups is 1. The molecule has 0 spiro atoms. The van der Waals surface area contributed by atoms with Gasteiger partial charge in [0.1, 0.15) is 29.8 Å². The van der Waals surface area contributed by atoms with Gasteiger partial charge in [-0.3, -0.25) is 5.32 Å². The number of aliphatic hydroxyl groups is 1. The molecular weight excluding hydrogens is 588 g/mol. The van der Waals surface area contributed by atoms with E-state index in [2.05, 4.69) is 15.5 Å². The average molecular weight is 619 g/mol. The number of hydrogen-bond donors (Lipinski definition) is 4. The number of phenolic OH excluding ortho intramolecular Hbond substituents is 1. The van der Waals surface area contributed by atoms with Gasteiger partial charge in [-0.1, -0.05) is 62.3 Å². The van der Waals surface area contributed by atoms with Gasteiger partial charge in [-0.15, -0.1) is 0 Å². The second-order valence-corrected chi connectivity index (χ2v) is 12.7. The van der Waals surface area contributed by atoms with Crippen LogP contribution in [-0.4, -0.2) is 43.2 Å². The highest BCUT2D eigenvalue weighted by molar-refractivity contribution is 8.00. The number of amides is 2. The number of para-hydroxylation sites is 1. The van der Waals surface area contributed by atoms with E-state index in [-0.39, 0.29) is 35.0 Å². The molecule has 3 heterocycles. The van der Waals surface area contributed by atoms with Crippen LogP contribution in [0.5, 0.6) is 17.2 Å². The van der Waals surface area contributed by atoms with Crippen LogP contribution in [0.1, 0.15) is 32.0 Å². The Balaban J connectivity index is 1.16. The molecule has 0 saturated heterocycles. The maximum atomic E-state index is 13.1. The number of aliphatic hydroxyl groups excluding tert-OH is 1. The van der Waals surface area contributed by atoms with Crippen molar-refractivity contribution >= 4 is 40.9 Å². The first kappa shape index (κ1) is 28.8. The lowest BCUT2D eigenvalue weighted by atomic mass is 9.92. The Morgan fingerprint density at radius 3 is 2.67 bits per heavy atom. The summed E-state index contributed by atoms with van der Waals surface area (Å²) in [5.41, 5.74) is 2.91. The smallest absolute Gasteiger partial charge is 0.320 e.